The number of rotatable bonds is 2. The SMILES string of the molecule is Cc1ccc(C)c([C@H]2C[C@H]3[C@H](O[C@H]2C)c2cc(C(=O)O)ccc2OC3(C)C)c1. The number of hydrogen-bond donors (Lipinski definition) is 1. The normalized spacial score (nSPS) is 28.0. The van der Waals surface area contributed by atoms with Gasteiger partial charge in [-0.15, -0.1) is 0 Å². The smallest absolute Gasteiger partial charge is 0.335 e. The van der Waals surface area contributed by atoms with Crippen molar-refractivity contribution in [2.24, 2.45) is 5.92 Å². The van der Waals surface area contributed by atoms with Crippen molar-refractivity contribution in [2.75, 3.05) is 0 Å². The molecule has 1 saturated heterocycles. The van der Waals surface area contributed by atoms with Crippen molar-refractivity contribution in [2.45, 2.75) is 64.8 Å². The summed E-state index contributed by atoms with van der Waals surface area (Å²) in [6, 6.07) is 11.7. The molecule has 28 heavy (non-hydrogen) atoms. The summed E-state index contributed by atoms with van der Waals surface area (Å²) in [6.45, 7) is 10.6. The molecule has 0 amide bonds. The van der Waals surface area contributed by atoms with Crippen LogP contribution in [0, 0.1) is 19.8 Å². The van der Waals surface area contributed by atoms with Crippen molar-refractivity contribution in [1.82, 2.24) is 0 Å². The molecule has 0 aliphatic carbocycles. The van der Waals surface area contributed by atoms with E-state index in [-0.39, 0.29) is 29.6 Å². The van der Waals surface area contributed by atoms with Gasteiger partial charge in [0.15, 0.2) is 0 Å². The van der Waals surface area contributed by atoms with Crippen molar-refractivity contribution in [3.05, 3.63) is 64.2 Å². The van der Waals surface area contributed by atoms with Crippen LogP contribution in [0.5, 0.6) is 5.75 Å². The molecule has 4 rings (SSSR count). The second-order valence-corrected chi connectivity index (χ2v) is 8.83. The van der Waals surface area contributed by atoms with Crippen LogP contribution in [0.15, 0.2) is 36.4 Å². The molecule has 2 heterocycles. The topological polar surface area (TPSA) is 55.8 Å². The Kier molecular flexibility index (Phi) is 4.50. The van der Waals surface area contributed by atoms with Crippen molar-refractivity contribution in [3.63, 3.8) is 0 Å². The van der Waals surface area contributed by atoms with Crippen LogP contribution in [0.3, 0.4) is 0 Å². The second-order valence-electron chi connectivity index (χ2n) is 8.83. The number of fused-ring (bicyclic) bond motifs is 3. The summed E-state index contributed by atoms with van der Waals surface area (Å²) in [5.74, 6) is 0.230. The molecule has 0 bridgehead atoms. The molecule has 2 aliphatic heterocycles. The van der Waals surface area contributed by atoms with Gasteiger partial charge in [0.1, 0.15) is 11.4 Å². The van der Waals surface area contributed by atoms with E-state index in [1.807, 2.05) is 0 Å². The van der Waals surface area contributed by atoms with Gasteiger partial charge in [-0.25, -0.2) is 4.79 Å². The first kappa shape index (κ1) is 19.0. The maximum Gasteiger partial charge on any atom is 0.335 e. The van der Waals surface area contributed by atoms with E-state index in [9.17, 15) is 9.90 Å². The van der Waals surface area contributed by atoms with Crippen LogP contribution >= 0.6 is 0 Å². The minimum atomic E-state index is -0.929. The third kappa shape index (κ3) is 3.10. The Morgan fingerprint density at radius 1 is 1.11 bits per heavy atom. The highest BCUT2D eigenvalue weighted by atomic mass is 16.5. The summed E-state index contributed by atoms with van der Waals surface area (Å²) in [7, 11) is 0. The zero-order valence-electron chi connectivity index (χ0n) is 17.2. The number of carboxylic acid groups (broad SMARTS) is 1. The van der Waals surface area contributed by atoms with Crippen molar-refractivity contribution < 1.29 is 19.4 Å². The van der Waals surface area contributed by atoms with Gasteiger partial charge in [-0.05, 0) is 70.4 Å². The van der Waals surface area contributed by atoms with Crippen molar-refractivity contribution >= 4 is 5.97 Å². The maximum atomic E-state index is 11.5. The summed E-state index contributed by atoms with van der Waals surface area (Å²) >= 11 is 0. The fourth-order valence-corrected chi connectivity index (χ4v) is 4.84. The second kappa shape index (κ2) is 6.63. The Hall–Kier alpha value is -2.33. The fraction of sp³-hybridized carbons (Fsp3) is 0.458. The first-order valence-electron chi connectivity index (χ1n) is 9.96. The quantitative estimate of drug-likeness (QED) is 0.755. The van der Waals surface area contributed by atoms with Gasteiger partial charge < -0.3 is 14.6 Å². The summed E-state index contributed by atoms with van der Waals surface area (Å²) in [5.41, 5.74) is 4.62. The number of aryl methyl sites for hydroxylation is 2. The van der Waals surface area contributed by atoms with Crippen LogP contribution in [-0.2, 0) is 4.74 Å². The number of benzene rings is 2. The number of carbonyl (C=O) groups is 1. The lowest BCUT2D eigenvalue weighted by molar-refractivity contribution is -0.153. The summed E-state index contributed by atoms with van der Waals surface area (Å²) in [6.07, 6.45) is 0.825. The van der Waals surface area contributed by atoms with Gasteiger partial charge in [-0.1, -0.05) is 23.8 Å². The summed E-state index contributed by atoms with van der Waals surface area (Å²) in [4.78, 5) is 11.5. The first-order valence-corrected chi connectivity index (χ1v) is 9.96. The molecule has 2 aromatic rings. The van der Waals surface area contributed by atoms with Crippen LogP contribution in [0.4, 0.5) is 0 Å². The lowest BCUT2D eigenvalue weighted by Gasteiger charge is -2.51. The van der Waals surface area contributed by atoms with Crippen LogP contribution in [-0.4, -0.2) is 22.8 Å². The molecule has 4 nitrogen and oxygen atoms in total. The third-order valence-electron chi connectivity index (χ3n) is 6.46. The minimum absolute atomic E-state index is 0.0389. The predicted molar refractivity (Wildman–Crippen MR) is 108 cm³/mol. The molecule has 0 aromatic heterocycles. The van der Waals surface area contributed by atoms with E-state index in [1.165, 1.54) is 16.7 Å². The number of aromatic carboxylic acids is 1. The Morgan fingerprint density at radius 2 is 1.86 bits per heavy atom. The lowest BCUT2D eigenvalue weighted by atomic mass is 9.70. The molecule has 1 fully saturated rings. The third-order valence-corrected chi connectivity index (χ3v) is 6.46. The number of ether oxygens (including phenoxy) is 2. The molecule has 2 aromatic carbocycles. The molecule has 0 spiro atoms. The Balaban J connectivity index is 1.75. The summed E-state index contributed by atoms with van der Waals surface area (Å²) < 4.78 is 12.9. The molecule has 0 saturated carbocycles. The highest BCUT2D eigenvalue weighted by molar-refractivity contribution is 5.88. The molecule has 148 valence electrons. The molecule has 4 heteroatoms. The van der Waals surface area contributed by atoms with Gasteiger partial charge in [0.2, 0.25) is 0 Å². The lowest BCUT2D eigenvalue weighted by Crippen LogP contribution is -2.50. The van der Waals surface area contributed by atoms with Gasteiger partial charge in [-0.2, -0.15) is 0 Å². The van der Waals surface area contributed by atoms with E-state index in [4.69, 9.17) is 9.47 Å². The monoisotopic (exact) mass is 380 g/mol. The van der Waals surface area contributed by atoms with E-state index in [0.29, 0.717) is 0 Å². The molecule has 0 unspecified atom stereocenters. The molecule has 2 aliphatic rings. The zero-order chi connectivity index (χ0) is 20.2. The average molecular weight is 380 g/mol. The van der Waals surface area contributed by atoms with Gasteiger partial charge >= 0.3 is 5.97 Å². The highest BCUT2D eigenvalue weighted by Crippen LogP contribution is 2.54. The van der Waals surface area contributed by atoms with Gasteiger partial charge in [0.05, 0.1) is 17.8 Å². The van der Waals surface area contributed by atoms with Gasteiger partial charge in [0.25, 0.3) is 0 Å². The standard InChI is InChI=1S/C24H28O4/c1-13-6-7-14(2)17(10-13)18-12-20-22(27-15(18)3)19-11-16(23(25)26)8-9-21(19)28-24(20,4)5/h6-11,15,18,20,22H,12H2,1-5H3,(H,25,26)/t15-,18-,20-,22+/m0/s1. The van der Waals surface area contributed by atoms with Crippen LogP contribution in [0.25, 0.3) is 0 Å². The molecular formula is C24H28O4. The number of carboxylic acids is 1. The van der Waals surface area contributed by atoms with Crippen molar-refractivity contribution in [1.29, 1.82) is 0 Å². The minimum Gasteiger partial charge on any atom is -0.487 e. The van der Waals surface area contributed by atoms with Gasteiger partial charge in [0, 0.05) is 17.4 Å². The Labute approximate surface area is 166 Å². The van der Waals surface area contributed by atoms with E-state index in [2.05, 4.69) is 52.8 Å². The van der Waals surface area contributed by atoms with E-state index >= 15 is 0 Å². The molecular weight excluding hydrogens is 352 g/mol. The maximum absolute atomic E-state index is 11.5. The molecule has 1 N–H and O–H groups in total. The van der Waals surface area contributed by atoms with Crippen LogP contribution < -0.4 is 4.74 Å². The Bertz CT molecular complexity index is 930. The predicted octanol–water partition coefficient (Wildman–Crippen LogP) is 5.42. The van der Waals surface area contributed by atoms with Crippen molar-refractivity contribution in [3.8, 4) is 5.75 Å². The zero-order valence-corrected chi connectivity index (χ0v) is 17.2. The van der Waals surface area contributed by atoms with E-state index < -0.39 is 11.6 Å². The summed E-state index contributed by atoms with van der Waals surface area (Å²) in [5, 5.41) is 9.40. The molecule has 0 radical (unpaired) electrons. The first-order chi connectivity index (χ1) is 13.2. The fourth-order valence-electron chi connectivity index (χ4n) is 4.84. The van der Waals surface area contributed by atoms with Gasteiger partial charge in [-0.3, -0.25) is 0 Å². The average Bonchev–Trinajstić information content (AvgIpc) is 2.63. The largest absolute Gasteiger partial charge is 0.487 e. The molecule has 4 atom stereocenters. The Morgan fingerprint density at radius 3 is 2.57 bits per heavy atom. The van der Waals surface area contributed by atoms with Crippen LogP contribution in [0.2, 0.25) is 0 Å². The number of hydrogen-bond acceptors (Lipinski definition) is 3. The highest BCUT2D eigenvalue weighted by Gasteiger charge is 2.50. The van der Waals surface area contributed by atoms with E-state index in [0.717, 1.165) is 17.7 Å². The van der Waals surface area contributed by atoms with Crippen LogP contribution in [0.1, 0.15) is 71.8 Å². The van der Waals surface area contributed by atoms with E-state index in [1.54, 1.807) is 18.2 Å².